The van der Waals surface area contributed by atoms with Crippen molar-refractivity contribution in [3.05, 3.63) is 65.5 Å². The third-order valence-corrected chi connectivity index (χ3v) is 2.77. The number of benzene rings is 2. The Morgan fingerprint density at radius 3 is 2.73 bits per heavy atom. The SMILES string of the molecule is Nc1cc(F)ccc1C#CCNC(=O)OCc1ccccc1. The van der Waals surface area contributed by atoms with E-state index in [9.17, 15) is 9.18 Å². The number of nitrogens with two attached hydrogens (primary N) is 1. The number of halogens is 1. The van der Waals surface area contributed by atoms with E-state index in [2.05, 4.69) is 17.2 Å². The summed E-state index contributed by atoms with van der Waals surface area (Å²) < 4.78 is 17.9. The van der Waals surface area contributed by atoms with E-state index in [0.717, 1.165) is 5.56 Å². The summed E-state index contributed by atoms with van der Waals surface area (Å²) >= 11 is 0. The van der Waals surface area contributed by atoms with Crippen LogP contribution in [0.4, 0.5) is 14.9 Å². The van der Waals surface area contributed by atoms with E-state index >= 15 is 0 Å². The van der Waals surface area contributed by atoms with Gasteiger partial charge in [-0.05, 0) is 23.8 Å². The number of carbonyl (C=O) groups is 1. The fourth-order valence-electron chi connectivity index (χ4n) is 1.68. The van der Waals surface area contributed by atoms with Gasteiger partial charge in [0.1, 0.15) is 12.4 Å². The number of ether oxygens (including phenoxy) is 1. The Bertz CT molecular complexity index is 706. The minimum absolute atomic E-state index is 0.116. The molecule has 0 saturated heterocycles. The van der Waals surface area contributed by atoms with E-state index in [1.165, 1.54) is 18.2 Å². The van der Waals surface area contributed by atoms with Crippen molar-refractivity contribution < 1.29 is 13.9 Å². The van der Waals surface area contributed by atoms with Crippen LogP contribution >= 0.6 is 0 Å². The van der Waals surface area contributed by atoms with E-state index in [1.54, 1.807) is 0 Å². The second-order valence-corrected chi connectivity index (χ2v) is 4.45. The predicted molar refractivity (Wildman–Crippen MR) is 82.3 cm³/mol. The van der Waals surface area contributed by atoms with E-state index in [0.29, 0.717) is 5.56 Å². The summed E-state index contributed by atoms with van der Waals surface area (Å²) in [6.45, 7) is 0.315. The average Bonchev–Trinajstić information content (AvgIpc) is 2.52. The van der Waals surface area contributed by atoms with Gasteiger partial charge in [-0.25, -0.2) is 9.18 Å². The number of amides is 1. The number of carbonyl (C=O) groups excluding carboxylic acids is 1. The van der Waals surface area contributed by atoms with Crippen LogP contribution < -0.4 is 11.1 Å². The largest absolute Gasteiger partial charge is 0.445 e. The van der Waals surface area contributed by atoms with Gasteiger partial charge in [-0.15, -0.1) is 0 Å². The Kier molecular flexibility index (Phi) is 5.38. The van der Waals surface area contributed by atoms with Gasteiger partial charge in [-0.3, -0.25) is 0 Å². The van der Waals surface area contributed by atoms with Crippen molar-refractivity contribution in [3.8, 4) is 11.8 Å². The minimum atomic E-state index is -0.551. The molecule has 0 aromatic heterocycles. The summed E-state index contributed by atoms with van der Waals surface area (Å²) in [6.07, 6.45) is -0.551. The summed E-state index contributed by atoms with van der Waals surface area (Å²) in [4.78, 5) is 11.5. The topological polar surface area (TPSA) is 64.3 Å². The van der Waals surface area contributed by atoms with Crippen LogP contribution in [0, 0.1) is 17.7 Å². The molecular formula is C17H15FN2O2. The molecule has 0 heterocycles. The first-order chi connectivity index (χ1) is 10.6. The number of nitrogens with one attached hydrogen (secondary N) is 1. The molecule has 4 nitrogen and oxygen atoms in total. The van der Waals surface area contributed by atoms with Crippen LogP contribution in [0.2, 0.25) is 0 Å². The monoisotopic (exact) mass is 298 g/mol. The lowest BCUT2D eigenvalue weighted by Crippen LogP contribution is -2.24. The maximum Gasteiger partial charge on any atom is 0.408 e. The number of hydrogen-bond donors (Lipinski definition) is 2. The van der Waals surface area contributed by atoms with Crippen molar-refractivity contribution in [2.24, 2.45) is 0 Å². The third kappa shape index (κ3) is 4.84. The highest BCUT2D eigenvalue weighted by atomic mass is 19.1. The molecule has 5 heteroatoms. The van der Waals surface area contributed by atoms with E-state index < -0.39 is 11.9 Å². The lowest BCUT2D eigenvalue weighted by molar-refractivity contribution is 0.141. The van der Waals surface area contributed by atoms with Crippen LogP contribution in [-0.4, -0.2) is 12.6 Å². The fraction of sp³-hybridized carbons (Fsp3) is 0.118. The first-order valence-corrected chi connectivity index (χ1v) is 6.63. The quantitative estimate of drug-likeness (QED) is 0.676. The van der Waals surface area contributed by atoms with Crippen LogP contribution in [0.3, 0.4) is 0 Å². The molecular weight excluding hydrogens is 283 g/mol. The fourth-order valence-corrected chi connectivity index (χ4v) is 1.68. The summed E-state index contributed by atoms with van der Waals surface area (Å²) in [5, 5.41) is 2.50. The van der Waals surface area contributed by atoms with Gasteiger partial charge in [-0.2, -0.15) is 0 Å². The highest BCUT2D eigenvalue weighted by Gasteiger charge is 2.00. The predicted octanol–water partition coefficient (Wildman–Crippen LogP) is 2.69. The molecule has 0 unspecified atom stereocenters. The molecule has 0 bridgehead atoms. The van der Waals surface area contributed by atoms with Gasteiger partial charge >= 0.3 is 6.09 Å². The van der Waals surface area contributed by atoms with E-state index in [-0.39, 0.29) is 18.8 Å². The van der Waals surface area contributed by atoms with E-state index in [4.69, 9.17) is 10.5 Å². The second kappa shape index (κ2) is 7.70. The second-order valence-electron chi connectivity index (χ2n) is 4.45. The highest BCUT2D eigenvalue weighted by molar-refractivity contribution is 5.67. The number of rotatable bonds is 3. The Labute approximate surface area is 128 Å². The summed E-state index contributed by atoms with van der Waals surface area (Å²) in [5.74, 6) is 5.07. The average molecular weight is 298 g/mol. The number of hydrogen-bond acceptors (Lipinski definition) is 3. The van der Waals surface area contributed by atoms with Crippen LogP contribution in [0.1, 0.15) is 11.1 Å². The molecule has 2 aromatic rings. The van der Waals surface area contributed by atoms with Crippen molar-refractivity contribution in [2.45, 2.75) is 6.61 Å². The molecule has 112 valence electrons. The molecule has 0 spiro atoms. The van der Waals surface area contributed by atoms with Crippen LogP contribution in [-0.2, 0) is 11.3 Å². The van der Waals surface area contributed by atoms with Crippen molar-refractivity contribution in [3.63, 3.8) is 0 Å². The standard InChI is InChI=1S/C17H15FN2O2/c18-15-9-8-14(16(19)11-15)7-4-10-20-17(21)22-12-13-5-2-1-3-6-13/h1-3,5-6,8-9,11H,10,12,19H2,(H,20,21). The molecule has 0 aliphatic carbocycles. The zero-order chi connectivity index (χ0) is 15.8. The van der Waals surface area contributed by atoms with Gasteiger partial charge < -0.3 is 15.8 Å². The van der Waals surface area contributed by atoms with Gasteiger partial charge in [0.2, 0.25) is 0 Å². The van der Waals surface area contributed by atoms with Crippen molar-refractivity contribution in [2.75, 3.05) is 12.3 Å². The van der Waals surface area contributed by atoms with Crippen molar-refractivity contribution >= 4 is 11.8 Å². The molecule has 0 aliphatic rings. The van der Waals surface area contributed by atoms with Gasteiger partial charge in [0.05, 0.1) is 12.2 Å². The van der Waals surface area contributed by atoms with Gasteiger partial charge in [0.15, 0.2) is 0 Å². The Morgan fingerprint density at radius 2 is 2.00 bits per heavy atom. The lowest BCUT2D eigenvalue weighted by atomic mass is 10.2. The van der Waals surface area contributed by atoms with Crippen LogP contribution in [0.15, 0.2) is 48.5 Å². The molecule has 0 radical (unpaired) electrons. The normalized spacial score (nSPS) is 9.50. The molecule has 1 amide bonds. The molecule has 0 saturated carbocycles. The first kappa shape index (κ1) is 15.4. The van der Waals surface area contributed by atoms with Crippen molar-refractivity contribution in [1.82, 2.24) is 5.32 Å². The zero-order valence-corrected chi connectivity index (χ0v) is 11.8. The Hall–Kier alpha value is -3.00. The van der Waals surface area contributed by atoms with Crippen LogP contribution in [0.25, 0.3) is 0 Å². The lowest BCUT2D eigenvalue weighted by Gasteiger charge is -2.04. The third-order valence-electron chi connectivity index (χ3n) is 2.77. The highest BCUT2D eigenvalue weighted by Crippen LogP contribution is 2.11. The molecule has 22 heavy (non-hydrogen) atoms. The zero-order valence-electron chi connectivity index (χ0n) is 11.8. The van der Waals surface area contributed by atoms with Gasteiger partial charge in [0, 0.05) is 5.56 Å². The molecule has 2 rings (SSSR count). The van der Waals surface area contributed by atoms with Crippen molar-refractivity contribution in [1.29, 1.82) is 0 Å². The number of alkyl carbamates (subject to hydrolysis) is 1. The summed E-state index contributed by atoms with van der Waals surface area (Å²) in [7, 11) is 0. The molecule has 2 aromatic carbocycles. The molecule has 0 atom stereocenters. The Balaban J connectivity index is 1.76. The molecule has 0 fully saturated rings. The maximum atomic E-state index is 12.9. The summed E-state index contributed by atoms with van der Waals surface area (Å²) in [6, 6.07) is 13.3. The van der Waals surface area contributed by atoms with Gasteiger partial charge in [-0.1, -0.05) is 42.2 Å². The molecule has 3 N–H and O–H groups in total. The Morgan fingerprint density at radius 1 is 1.23 bits per heavy atom. The minimum Gasteiger partial charge on any atom is -0.445 e. The smallest absolute Gasteiger partial charge is 0.408 e. The number of anilines is 1. The van der Waals surface area contributed by atoms with Gasteiger partial charge in [0.25, 0.3) is 0 Å². The summed E-state index contributed by atoms with van der Waals surface area (Å²) in [5.41, 5.74) is 7.30. The first-order valence-electron chi connectivity index (χ1n) is 6.63. The van der Waals surface area contributed by atoms with Crippen LogP contribution in [0.5, 0.6) is 0 Å². The van der Waals surface area contributed by atoms with E-state index in [1.807, 2.05) is 30.3 Å². The number of nitrogen functional groups attached to an aromatic ring is 1. The maximum absolute atomic E-state index is 12.9. The molecule has 0 aliphatic heterocycles.